The van der Waals surface area contributed by atoms with Crippen molar-refractivity contribution in [2.75, 3.05) is 11.9 Å². The van der Waals surface area contributed by atoms with Crippen molar-refractivity contribution < 1.29 is 13.2 Å². The third kappa shape index (κ3) is 3.84. The predicted molar refractivity (Wildman–Crippen MR) is 55.8 cm³/mol. The zero-order chi connectivity index (χ0) is 10.9. The van der Waals surface area contributed by atoms with E-state index in [1.165, 1.54) is 6.33 Å². The highest BCUT2D eigenvalue weighted by Crippen LogP contribution is 2.39. The lowest BCUT2D eigenvalue weighted by Crippen LogP contribution is -2.21. The number of nitrogens with zero attached hydrogens (tertiary/aromatic N) is 2. The lowest BCUT2D eigenvalue weighted by molar-refractivity contribution is -0.115. The van der Waals surface area contributed by atoms with Gasteiger partial charge in [-0.2, -0.15) is 13.2 Å². The van der Waals surface area contributed by atoms with Gasteiger partial charge in [0.25, 0.3) is 0 Å². The summed E-state index contributed by atoms with van der Waals surface area (Å²) >= 11 is 0. The van der Waals surface area contributed by atoms with Gasteiger partial charge in [0.2, 0.25) is 0 Å². The molecule has 0 aliphatic heterocycles. The first-order chi connectivity index (χ1) is 7.04. The lowest BCUT2D eigenvalue weighted by atomic mass is 10.3. The summed E-state index contributed by atoms with van der Waals surface area (Å²) in [6.07, 6.45) is -0.789. The van der Waals surface area contributed by atoms with Crippen LogP contribution in [0, 0.1) is 0 Å². The highest BCUT2D eigenvalue weighted by molar-refractivity contribution is 5.85. The fourth-order valence-electron chi connectivity index (χ4n) is 1.26. The number of aromatic nitrogens is 2. The zero-order valence-corrected chi connectivity index (χ0v) is 9.11. The summed E-state index contributed by atoms with van der Waals surface area (Å²) in [5.41, 5.74) is 0.828. The Balaban J connectivity index is 0.00000128. The molecule has 16 heavy (non-hydrogen) atoms. The fourth-order valence-corrected chi connectivity index (χ4v) is 1.26. The third-order valence-corrected chi connectivity index (χ3v) is 2.15. The van der Waals surface area contributed by atoms with Crippen LogP contribution in [0.5, 0.6) is 0 Å². The number of anilines is 1. The minimum atomic E-state index is -4.22. The molecule has 0 atom stereocenters. The van der Waals surface area contributed by atoms with E-state index in [1.54, 1.807) is 6.07 Å². The maximum Gasteiger partial charge on any atom is 0.405 e. The van der Waals surface area contributed by atoms with Crippen molar-refractivity contribution in [2.24, 2.45) is 0 Å². The molecule has 1 aromatic rings. The van der Waals surface area contributed by atoms with E-state index in [-0.39, 0.29) is 18.2 Å². The van der Waals surface area contributed by atoms with Crippen molar-refractivity contribution in [3.63, 3.8) is 0 Å². The molecule has 2 rings (SSSR count). The van der Waals surface area contributed by atoms with Gasteiger partial charge in [0.05, 0.1) is 0 Å². The lowest BCUT2D eigenvalue weighted by Gasteiger charge is -2.08. The van der Waals surface area contributed by atoms with Gasteiger partial charge in [0.15, 0.2) is 0 Å². The summed E-state index contributed by atoms with van der Waals surface area (Å²) in [6.45, 7) is -1.06. The molecule has 1 fully saturated rings. The summed E-state index contributed by atoms with van der Waals surface area (Å²) in [5.74, 6) is 0.656. The van der Waals surface area contributed by atoms with Crippen LogP contribution in [0.4, 0.5) is 19.0 Å². The second-order valence-electron chi connectivity index (χ2n) is 3.57. The Labute approximate surface area is 96.9 Å². The van der Waals surface area contributed by atoms with Gasteiger partial charge in [-0.25, -0.2) is 9.97 Å². The summed E-state index contributed by atoms with van der Waals surface area (Å²) in [6, 6.07) is 1.59. The molecule has 1 aliphatic carbocycles. The van der Waals surface area contributed by atoms with Crippen LogP contribution in [0.1, 0.15) is 24.5 Å². The van der Waals surface area contributed by atoms with Crippen molar-refractivity contribution in [3.05, 3.63) is 18.1 Å². The molecular formula is C9H11ClF3N3. The van der Waals surface area contributed by atoms with E-state index in [9.17, 15) is 13.2 Å². The number of nitrogens with one attached hydrogen (secondary N) is 1. The van der Waals surface area contributed by atoms with Crippen LogP contribution in [-0.2, 0) is 0 Å². The fraction of sp³-hybridized carbons (Fsp3) is 0.556. The summed E-state index contributed by atoms with van der Waals surface area (Å²) in [7, 11) is 0. The molecule has 1 heterocycles. The van der Waals surface area contributed by atoms with Gasteiger partial charge in [-0.3, -0.25) is 0 Å². The van der Waals surface area contributed by atoms with Crippen molar-refractivity contribution in [1.82, 2.24) is 9.97 Å². The summed E-state index contributed by atoms with van der Waals surface area (Å²) < 4.78 is 35.7. The second kappa shape index (κ2) is 4.86. The van der Waals surface area contributed by atoms with Gasteiger partial charge in [-0.15, -0.1) is 12.4 Å². The number of halogens is 4. The molecule has 1 aliphatic rings. The monoisotopic (exact) mass is 253 g/mol. The van der Waals surface area contributed by atoms with Crippen molar-refractivity contribution in [3.8, 4) is 0 Å². The minimum absolute atomic E-state index is 0. The molecule has 90 valence electrons. The molecule has 0 unspecified atom stereocenters. The van der Waals surface area contributed by atoms with Crippen LogP contribution >= 0.6 is 12.4 Å². The Morgan fingerprint density at radius 3 is 2.56 bits per heavy atom. The molecule has 0 spiro atoms. The smallest absolute Gasteiger partial charge is 0.361 e. The SMILES string of the molecule is Cl.FC(F)(F)CNc1cc(C2CC2)ncn1. The molecule has 0 aromatic carbocycles. The Morgan fingerprint density at radius 1 is 1.31 bits per heavy atom. The number of hydrogen-bond donors (Lipinski definition) is 1. The normalized spacial score (nSPS) is 15.4. The minimum Gasteiger partial charge on any atom is -0.361 e. The first kappa shape index (κ1) is 13.0. The van der Waals surface area contributed by atoms with Crippen LogP contribution in [-0.4, -0.2) is 22.7 Å². The van der Waals surface area contributed by atoms with Gasteiger partial charge in [-0.1, -0.05) is 0 Å². The van der Waals surface area contributed by atoms with Gasteiger partial charge < -0.3 is 5.32 Å². The quantitative estimate of drug-likeness (QED) is 0.900. The molecule has 7 heteroatoms. The van der Waals surface area contributed by atoms with E-state index >= 15 is 0 Å². The van der Waals surface area contributed by atoms with E-state index in [1.807, 2.05) is 0 Å². The van der Waals surface area contributed by atoms with E-state index < -0.39 is 12.7 Å². The van der Waals surface area contributed by atoms with E-state index in [2.05, 4.69) is 15.3 Å². The number of hydrogen-bond acceptors (Lipinski definition) is 3. The molecule has 1 saturated carbocycles. The molecule has 3 nitrogen and oxygen atoms in total. The Bertz CT molecular complexity index is 352. The van der Waals surface area contributed by atoms with Gasteiger partial charge >= 0.3 is 6.18 Å². The van der Waals surface area contributed by atoms with E-state index in [0.29, 0.717) is 5.92 Å². The van der Waals surface area contributed by atoms with Gasteiger partial charge in [0, 0.05) is 17.7 Å². The molecule has 1 aromatic heterocycles. The van der Waals surface area contributed by atoms with Crippen LogP contribution in [0.2, 0.25) is 0 Å². The topological polar surface area (TPSA) is 37.8 Å². The summed E-state index contributed by atoms with van der Waals surface area (Å²) in [4.78, 5) is 7.74. The van der Waals surface area contributed by atoms with Crippen molar-refractivity contribution in [2.45, 2.75) is 24.9 Å². The molecule has 0 amide bonds. The van der Waals surface area contributed by atoms with Crippen LogP contribution < -0.4 is 5.32 Å². The van der Waals surface area contributed by atoms with Crippen molar-refractivity contribution in [1.29, 1.82) is 0 Å². The highest BCUT2D eigenvalue weighted by Gasteiger charge is 2.28. The maximum absolute atomic E-state index is 11.9. The highest BCUT2D eigenvalue weighted by atomic mass is 35.5. The number of rotatable bonds is 3. The molecule has 0 radical (unpaired) electrons. The first-order valence-corrected chi connectivity index (χ1v) is 4.67. The van der Waals surface area contributed by atoms with Gasteiger partial charge in [0.1, 0.15) is 18.7 Å². The second-order valence-corrected chi connectivity index (χ2v) is 3.57. The maximum atomic E-state index is 11.9. The average Bonchev–Trinajstić information content (AvgIpc) is 2.97. The van der Waals surface area contributed by atoms with Crippen LogP contribution in [0.15, 0.2) is 12.4 Å². The Kier molecular flexibility index (Phi) is 3.96. The van der Waals surface area contributed by atoms with E-state index in [4.69, 9.17) is 0 Å². The van der Waals surface area contributed by atoms with Crippen molar-refractivity contribution >= 4 is 18.2 Å². The summed E-state index contributed by atoms with van der Waals surface area (Å²) in [5, 5.41) is 2.23. The van der Waals surface area contributed by atoms with E-state index in [0.717, 1.165) is 18.5 Å². The van der Waals surface area contributed by atoms with Crippen LogP contribution in [0.3, 0.4) is 0 Å². The molecular weight excluding hydrogens is 243 g/mol. The zero-order valence-electron chi connectivity index (χ0n) is 8.29. The molecule has 0 bridgehead atoms. The predicted octanol–water partition coefficient (Wildman–Crippen LogP) is 2.75. The largest absolute Gasteiger partial charge is 0.405 e. The standard InChI is InChI=1S/C9H10F3N3.ClH/c10-9(11,12)4-13-8-3-7(6-1-2-6)14-5-15-8;/h3,5-6H,1-2,4H2,(H,13,14,15);1H. The molecule has 0 saturated heterocycles. The van der Waals surface area contributed by atoms with Crippen LogP contribution in [0.25, 0.3) is 0 Å². The Morgan fingerprint density at radius 2 is 2.00 bits per heavy atom. The first-order valence-electron chi connectivity index (χ1n) is 4.67. The average molecular weight is 254 g/mol. The molecule has 1 N–H and O–H groups in total. The van der Waals surface area contributed by atoms with Gasteiger partial charge in [-0.05, 0) is 12.8 Å². The number of alkyl halides is 3. The third-order valence-electron chi connectivity index (χ3n) is 2.15. The Hall–Kier alpha value is -1.04.